The predicted octanol–water partition coefficient (Wildman–Crippen LogP) is 2.28. The minimum atomic E-state index is -0.840. The summed E-state index contributed by atoms with van der Waals surface area (Å²) < 4.78 is 26.4. The van der Waals surface area contributed by atoms with Crippen LogP contribution in [0.3, 0.4) is 0 Å². The van der Waals surface area contributed by atoms with Crippen LogP contribution >= 0.6 is 0 Å². The van der Waals surface area contributed by atoms with Gasteiger partial charge in [0, 0.05) is 12.1 Å². The van der Waals surface area contributed by atoms with Crippen LogP contribution < -0.4 is 11.1 Å². The summed E-state index contributed by atoms with van der Waals surface area (Å²) in [5.74, 6) is -1.57. The van der Waals surface area contributed by atoms with Crippen LogP contribution in [0.25, 0.3) is 0 Å². The molecule has 0 heterocycles. The maximum atomic E-state index is 13.4. The van der Waals surface area contributed by atoms with Gasteiger partial charge in [-0.3, -0.25) is 4.79 Å². The van der Waals surface area contributed by atoms with Crippen molar-refractivity contribution in [2.75, 3.05) is 0 Å². The van der Waals surface area contributed by atoms with Gasteiger partial charge in [-0.1, -0.05) is 30.3 Å². The van der Waals surface area contributed by atoms with Gasteiger partial charge in [0.2, 0.25) is 5.91 Å². The Morgan fingerprint density at radius 1 is 1.15 bits per heavy atom. The third-order valence-electron chi connectivity index (χ3n) is 2.90. The van der Waals surface area contributed by atoms with Crippen molar-refractivity contribution in [3.63, 3.8) is 0 Å². The Balaban J connectivity index is 2.00. The molecule has 0 radical (unpaired) electrons. The number of nitrogens with two attached hydrogens (primary N) is 1. The Labute approximate surface area is 115 Å². The SMILES string of the molecule is NC(C(=O)NCc1cc(F)ccc1F)c1ccccc1. The summed E-state index contributed by atoms with van der Waals surface area (Å²) in [7, 11) is 0. The topological polar surface area (TPSA) is 55.1 Å². The lowest BCUT2D eigenvalue weighted by Crippen LogP contribution is -2.33. The fourth-order valence-corrected chi connectivity index (χ4v) is 1.78. The second-order valence-corrected chi connectivity index (χ2v) is 4.34. The lowest BCUT2D eigenvalue weighted by atomic mass is 10.1. The molecule has 0 fully saturated rings. The largest absolute Gasteiger partial charge is 0.350 e. The monoisotopic (exact) mass is 276 g/mol. The van der Waals surface area contributed by atoms with Crippen LogP contribution in [0.1, 0.15) is 17.2 Å². The molecule has 0 aliphatic rings. The van der Waals surface area contributed by atoms with Crippen molar-refractivity contribution >= 4 is 5.91 Å². The Bertz CT molecular complexity index is 602. The van der Waals surface area contributed by atoms with Crippen molar-refractivity contribution < 1.29 is 13.6 Å². The number of halogens is 2. The van der Waals surface area contributed by atoms with Gasteiger partial charge in [0.05, 0.1) is 0 Å². The molecule has 2 rings (SSSR count). The molecule has 0 aliphatic carbocycles. The molecule has 0 saturated heterocycles. The summed E-state index contributed by atoms with van der Waals surface area (Å²) in [5.41, 5.74) is 6.53. The highest BCUT2D eigenvalue weighted by Crippen LogP contribution is 2.12. The molecule has 3 N–H and O–H groups in total. The van der Waals surface area contributed by atoms with E-state index in [2.05, 4.69) is 5.32 Å². The fourth-order valence-electron chi connectivity index (χ4n) is 1.78. The summed E-state index contributed by atoms with van der Waals surface area (Å²) in [4.78, 5) is 11.9. The van der Waals surface area contributed by atoms with Gasteiger partial charge in [0.1, 0.15) is 17.7 Å². The zero-order chi connectivity index (χ0) is 14.5. The van der Waals surface area contributed by atoms with Crippen molar-refractivity contribution in [1.29, 1.82) is 0 Å². The average Bonchev–Trinajstić information content (AvgIpc) is 2.48. The second kappa shape index (κ2) is 6.25. The summed E-state index contributed by atoms with van der Waals surface area (Å²) in [6, 6.07) is 11.1. The first kappa shape index (κ1) is 14.1. The average molecular weight is 276 g/mol. The van der Waals surface area contributed by atoms with Crippen LogP contribution in [0.15, 0.2) is 48.5 Å². The first-order valence-electron chi connectivity index (χ1n) is 6.10. The van der Waals surface area contributed by atoms with E-state index in [1.165, 1.54) is 0 Å². The molecule has 0 bridgehead atoms. The van der Waals surface area contributed by atoms with Crippen LogP contribution in [0.4, 0.5) is 8.78 Å². The third-order valence-corrected chi connectivity index (χ3v) is 2.90. The van der Waals surface area contributed by atoms with Crippen LogP contribution in [0, 0.1) is 11.6 Å². The van der Waals surface area contributed by atoms with Crippen molar-refractivity contribution in [2.24, 2.45) is 5.73 Å². The van der Waals surface area contributed by atoms with E-state index in [1.54, 1.807) is 24.3 Å². The third kappa shape index (κ3) is 3.39. The summed E-state index contributed by atoms with van der Waals surface area (Å²) in [6.07, 6.45) is 0. The van der Waals surface area contributed by atoms with E-state index < -0.39 is 23.6 Å². The zero-order valence-corrected chi connectivity index (χ0v) is 10.6. The Hall–Kier alpha value is -2.27. The van der Waals surface area contributed by atoms with Gasteiger partial charge in [-0.25, -0.2) is 8.78 Å². The molecule has 5 heteroatoms. The Morgan fingerprint density at radius 2 is 1.85 bits per heavy atom. The Kier molecular flexibility index (Phi) is 4.42. The van der Waals surface area contributed by atoms with Gasteiger partial charge in [-0.05, 0) is 23.8 Å². The van der Waals surface area contributed by atoms with E-state index in [0.717, 1.165) is 18.2 Å². The molecule has 1 amide bonds. The minimum absolute atomic E-state index is 0.0820. The van der Waals surface area contributed by atoms with Crippen molar-refractivity contribution in [3.05, 3.63) is 71.3 Å². The fraction of sp³-hybridized carbons (Fsp3) is 0.133. The zero-order valence-electron chi connectivity index (χ0n) is 10.6. The maximum absolute atomic E-state index is 13.4. The molecule has 1 unspecified atom stereocenters. The van der Waals surface area contributed by atoms with E-state index in [1.807, 2.05) is 6.07 Å². The van der Waals surface area contributed by atoms with E-state index >= 15 is 0 Å². The predicted molar refractivity (Wildman–Crippen MR) is 71.6 cm³/mol. The van der Waals surface area contributed by atoms with Gasteiger partial charge >= 0.3 is 0 Å². The van der Waals surface area contributed by atoms with Gasteiger partial charge < -0.3 is 11.1 Å². The first-order chi connectivity index (χ1) is 9.58. The molecular weight excluding hydrogens is 262 g/mol. The summed E-state index contributed by atoms with van der Waals surface area (Å²) >= 11 is 0. The highest BCUT2D eigenvalue weighted by molar-refractivity contribution is 5.82. The molecular formula is C15H14F2N2O. The van der Waals surface area contributed by atoms with Crippen LogP contribution in [-0.2, 0) is 11.3 Å². The number of rotatable bonds is 4. The number of hydrogen-bond donors (Lipinski definition) is 2. The quantitative estimate of drug-likeness (QED) is 0.900. The first-order valence-corrected chi connectivity index (χ1v) is 6.10. The van der Waals surface area contributed by atoms with Crippen LogP contribution in [0.2, 0.25) is 0 Å². The molecule has 0 aliphatic heterocycles. The van der Waals surface area contributed by atoms with E-state index in [-0.39, 0.29) is 12.1 Å². The summed E-state index contributed by atoms with van der Waals surface area (Å²) in [6.45, 7) is -0.108. The van der Waals surface area contributed by atoms with Crippen LogP contribution in [-0.4, -0.2) is 5.91 Å². The molecule has 2 aromatic carbocycles. The normalized spacial score (nSPS) is 11.9. The molecule has 1 atom stereocenters. The molecule has 20 heavy (non-hydrogen) atoms. The van der Waals surface area contributed by atoms with E-state index in [9.17, 15) is 13.6 Å². The highest BCUT2D eigenvalue weighted by atomic mass is 19.1. The van der Waals surface area contributed by atoms with Gasteiger partial charge in [-0.15, -0.1) is 0 Å². The molecule has 104 valence electrons. The number of carbonyl (C=O) groups excluding carboxylic acids is 1. The minimum Gasteiger partial charge on any atom is -0.350 e. The lowest BCUT2D eigenvalue weighted by molar-refractivity contribution is -0.122. The maximum Gasteiger partial charge on any atom is 0.241 e. The highest BCUT2D eigenvalue weighted by Gasteiger charge is 2.15. The molecule has 0 saturated carbocycles. The van der Waals surface area contributed by atoms with Gasteiger partial charge in [0.15, 0.2) is 0 Å². The summed E-state index contributed by atoms with van der Waals surface area (Å²) in [5, 5.41) is 2.49. The van der Waals surface area contributed by atoms with E-state index in [4.69, 9.17) is 5.73 Å². The second-order valence-electron chi connectivity index (χ2n) is 4.34. The van der Waals surface area contributed by atoms with E-state index in [0.29, 0.717) is 5.56 Å². The molecule has 0 aromatic heterocycles. The van der Waals surface area contributed by atoms with Gasteiger partial charge in [-0.2, -0.15) is 0 Å². The van der Waals surface area contributed by atoms with Crippen molar-refractivity contribution in [1.82, 2.24) is 5.32 Å². The molecule has 3 nitrogen and oxygen atoms in total. The number of carbonyl (C=O) groups is 1. The lowest BCUT2D eigenvalue weighted by Gasteiger charge is -2.13. The standard InChI is InChI=1S/C15H14F2N2O/c16-12-6-7-13(17)11(8-12)9-19-15(20)14(18)10-4-2-1-3-5-10/h1-8,14H,9,18H2,(H,19,20). The number of benzene rings is 2. The van der Waals surface area contributed by atoms with Crippen LogP contribution in [0.5, 0.6) is 0 Å². The number of amides is 1. The van der Waals surface area contributed by atoms with Crippen molar-refractivity contribution in [3.8, 4) is 0 Å². The van der Waals surface area contributed by atoms with Crippen molar-refractivity contribution in [2.45, 2.75) is 12.6 Å². The molecule has 0 spiro atoms. The molecule has 2 aromatic rings. The van der Waals surface area contributed by atoms with Gasteiger partial charge in [0.25, 0.3) is 0 Å². The smallest absolute Gasteiger partial charge is 0.241 e. The number of nitrogens with one attached hydrogen (secondary N) is 1. The Morgan fingerprint density at radius 3 is 2.55 bits per heavy atom. The number of hydrogen-bond acceptors (Lipinski definition) is 2.